The zero-order chi connectivity index (χ0) is 22.0. The fourth-order valence-corrected chi connectivity index (χ4v) is 3.10. The third kappa shape index (κ3) is 4.93. The van der Waals surface area contributed by atoms with Crippen molar-refractivity contribution in [3.05, 3.63) is 64.8 Å². The van der Waals surface area contributed by atoms with Crippen LogP contribution in [0.5, 0.6) is 5.75 Å². The standard InChI is InChI=1S/C20H18F3N5O3/c21-20(22,23)31-16-7-3-13(4-8-16)18(29)25-10-11-27-19(30)28(15-5-6-15)17(26-27)14-2-1-9-24-12-14/h1-4,7-9,12,15H,5-6,10-11H2,(H,25,29). The minimum absolute atomic E-state index is 0.114. The van der Waals surface area contributed by atoms with Gasteiger partial charge in [-0.05, 0) is 49.2 Å². The van der Waals surface area contributed by atoms with E-state index in [1.54, 1.807) is 23.0 Å². The summed E-state index contributed by atoms with van der Waals surface area (Å²) < 4.78 is 43.4. The van der Waals surface area contributed by atoms with E-state index in [-0.39, 0.29) is 30.4 Å². The number of nitrogens with zero attached hydrogens (tertiary/aromatic N) is 4. The summed E-state index contributed by atoms with van der Waals surface area (Å²) in [5, 5.41) is 7.04. The molecule has 0 aliphatic heterocycles. The average molecular weight is 433 g/mol. The predicted octanol–water partition coefficient (Wildman–Crippen LogP) is 2.77. The van der Waals surface area contributed by atoms with Gasteiger partial charge in [0.15, 0.2) is 5.82 Å². The summed E-state index contributed by atoms with van der Waals surface area (Å²) in [6.45, 7) is 0.264. The summed E-state index contributed by atoms with van der Waals surface area (Å²) in [4.78, 5) is 29.1. The number of amides is 1. The van der Waals surface area contributed by atoms with Gasteiger partial charge in [-0.1, -0.05) is 0 Å². The lowest BCUT2D eigenvalue weighted by Gasteiger charge is -2.09. The van der Waals surface area contributed by atoms with Gasteiger partial charge < -0.3 is 10.1 Å². The number of carbonyl (C=O) groups is 1. The first kappa shape index (κ1) is 20.6. The summed E-state index contributed by atoms with van der Waals surface area (Å²) in [5.41, 5.74) is 0.640. The van der Waals surface area contributed by atoms with Gasteiger partial charge in [0.05, 0.1) is 6.54 Å². The first-order chi connectivity index (χ1) is 14.8. The molecule has 0 radical (unpaired) electrons. The molecule has 1 saturated carbocycles. The highest BCUT2D eigenvalue weighted by molar-refractivity contribution is 5.94. The number of rotatable bonds is 7. The number of pyridine rings is 1. The van der Waals surface area contributed by atoms with E-state index in [0.29, 0.717) is 5.82 Å². The molecule has 1 aliphatic rings. The Labute approximate surface area is 174 Å². The first-order valence-electron chi connectivity index (χ1n) is 9.55. The molecule has 162 valence electrons. The van der Waals surface area contributed by atoms with Crippen molar-refractivity contribution in [2.75, 3.05) is 6.54 Å². The Morgan fingerprint density at radius 1 is 1.19 bits per heavy atom. The second-order valence-corrected chi connectivity index (χ2v) is 7.00. The van der Waals surface area contributed by atoms with Crippen LogP contribution in [0.4, 0.5) is 13.2 Å². The highest BCUT2D eigenvalue weighted by Gasteiger charge is 2.31. The lowest BCUT2D eigenvalue weighted by atomic mass is 10.2. The summed E-state index contributed by atoms with van der Waals surface area (Å²) in [6, 6.07) is 8.28. The Morgan fingerprint density at radius 2 is 1.94 bits per heavy atom. The number of ether oxygens (including phenoxy) is 1. The van der Waals surface area contributed by atoms with E-state index in [0.717, 1.165) is 30.5 Å². The Bertz CT molecular complexity index is 1120. The maximum Gasteiger partial charge on any atom is 0.573 e. The van der Waals surface area contributed by atoms with E-state index in [9.17, 15) is 22.8 Å². The molecular formula is C20H18F3N5O3. The van der Waals surface area contributed by atoms with E-state index >= 15 is 0 Å². The monoisotopic (exact) mass is 433 g/mol. The third-order valence-electron chi connectivity index (χ3n) is 4.66. The molecule has 1 amide bonds. The van der Waals surface area contributed by atoms with Crippen LogP contribution in [0, 0.1) is 0 Å². The topological polar surface area (TPSA) is 91.0 Å². The average Bonchev–Trinajstić information content (AvgIpc) is 3.52. The van der Waals surface area contributed by atoms with Crippen LogP contribution >= 0.6 is 0 Å². The largest absolute Gasteiger partial charge is 0.573 e. The highest BCUT2D eigenvalue weighted by Crippen LogP contribution is 2.36. The van der Waals surface area contributed by atoms with Gasteiger partial charge in [0.25, 0.3) is 5.91 Å². The van der Waals surface area contributed by atoms with Gasteiger partial charge in [-0.15, -0.1) is 18.3 Å². The van der Waals surface area contributed by atoms with Crippen LogP contribution in [0.2, 0.25) is 0 Å². The highest BCUT2D eigenvalue weighted by atomic mass is 19.4. The van der Waals surface area contributed by atoms with Gasteiger partial charge in [0.2, 0.25) is 0 Å². The Morgan fingerprint density at radius 3 is 2.55 bits per heavy atom. The summed E-state index contributed by atoms with van der Waals surface area (Å²) >= 11 is 0. The number of hydrogen-bond donors (Lipinski definition) is 1. The molecule has 1 aliphatic carbocycles. The van der Waals surface area contributed by atoms with Crippen molar-refractivity contribution < 1.29 is 22.7 Å². The fraction of sp³-hybridized carbons (Fsp3) is 0.300. The van der Waals surface area contributed by atoms with Crippen LogP contribution in [0.1, 0.15) is 29.2 Å². The third-order valence-corrected chi connectivity index (χ3v) is 4.66. The molecule has 8 nitrogen and oxygen atoms in total. The molecule has 1 fully saturated rings. The molecule has 2 heterocycles. The molecule has 0 unspecified atom stereocenters. The van der Waals surface area contributed by atoms with Gasteiger partial charge in [-0.3, -0.25) is 14.3 Å². The lowest BCUT2D eigenvalue weighted by Crippen LogP contribution is -2.32. The maximum atomic E-state index is 12.8. The van der Waals surface area contributed by atoms with Crippen LogP contribution < -0.4 is 15.7 Å². The molecule has 3 aromatic rings. The number of halogens is 3. The molecular weight excluding hydrogens is 415 g/mol. The molecule has 0 bridgehead atoms. The van der Waals surface area contributed by atoms with Crippen LogP contribution in [0.25, 0.3) is 11.4 Å². The number of aromatic nitrogens is 4. The van der Waals surface area contributed by atoms with E-state index < -0.39 is 18.0 Å². The van der Waals surface area contributed by atoms with Crippen molar-refractivity contribution in [1.82, 2.24) is 24.6 Å². The zero-order valence-electron chi connectivity index (χ0n) is 16.2. The molecule has 2 aromatic heterocycles. The van der Waals surface area contributed by atoms with E-state index in [2.05, 4.69) is 20.1 Å². The van der Waals surface area contributed by atoms with Gasteiger partial charge in [-0.2, -0.15) is 0 Å². The second-order valence-electron chi connectivity index (χ2n) is 7.00. The van der Waals surface area contributed by atoms with Crippen LogP contribution in [-0.2, 0) is 6.54 Å². The number of benzene rings is 1. The van der Waals surface area contributed by atoms with Crippen molar-refractivity contribution in [2.45, 2.75) is 31.8 Å². The van der Waals surface area contributed by atoms with E-state index in [4.69, 9.17) is 0 Å². The number of hydrogen-bond acceptors (Lipinski definition) is 5. The van der Waals surface area contributed by atoms with Gasteiger partial charge in [-0.25, -0.2) is 9.48 Å². The van der Waals surface area contributed by atoms with Gasteiger partial charge in [0, 0.05) is 36.1 Å². The minimum Gasteiger partial charge on any atom is -0.406 e. The second kappa shape index (κ2) is 8.25. The Balaban J connectivity index is 1.41. The van der Waals surface area contributed by atoms with Crippen molar-refractivity contribution in [3.8, 4) is 17.1 Å². The predicted molar refractivity (Wildman–Crippen MR) is 103 cm³/mol. The molecule has 0 atom stereocenters. The number of carbonyl (C=O) groups excluding carboxylic acids is 1. The minimum atomic E-state index is -4.80. The summed E-state index contributed by atoms with van der Waals surface area (Å²) in [6.07, 6.45) is 0.291. The Hall–Kier alpha value is -3.63. The van der Waals surface area contributed by atoms with Gasteiger partial charge in [0.1, 0.15) is 5.75 Å². The van der Waals surface area contributed by atoms with Crippen molar-refractivity contribution in [3.63, 3.8) is 0 Å². The molecule has 1 N–H and O–H groups in total. The van der Waals surface area contributed by atoms with E-state index in [1.807, 2.05) is 6.07 Å². The molecule has 0 saturated heterocycles. The summed E-state index contributed by atoms with van der Waals surface area (Å²) in [7, 11) is 0. The number of nitrogens with one attached hydrogen (secondary N) is 1. The first-order valence-corrected chi connectivity index (χ1v) is 9.55. The van der Waals surface area contributed by atoms with Crippen LogP contribution in [-0.4, -0.2) is 38.1 Å². The van der Waals surface area contributed by atoms with Crippen LogP contribution in [0.3, 0.4) is 0 Å². The lowest BCUT2D eigenvalue weighted by molar-refractivity contribution is -0.274. The zero-order valence-corrected chi connectivity index (χ0v) is 16.2. The normalized spacial score (nSPS) is 13.8. The molecule has 0 spiro atoms. The van der Waals surface area contributed by atoms with E-state index in [1.165, 1.54) is 16.8 Å². The SMILES string of the molecule is O=C(NCCn1nc(-c2cccnc2)n(C2CC2)c1=O)c1ccc(OC(F)(F)F)cc1. The number of alkyl halides is 3. The quantitative estimate of drug-likeness (QED) is 0.619. The molecule has 4 rings (SSSR count). The maximum absolute atomic E-state index is 12.8. The fourth-order valence-electron chi connectivity index (χ4n) is 3.10. The smallest absolute Gasteiger partial charge is 0.406 e. The molecule has 31 heavy (non-hydrogen) atoms. The Kier molecular flexibility index (Phi) is 5.49. The summed E-state index contributed by atoms with van der Waals surface area (Å²) in [5.74, 6) is -0.364. The molecule has 1 aromatic carbocycles. The van der Waals surface area contributed by atoms with Crippen molar-refractivity contribution in [1.29, 1.82) is 0 Å². The van der Waals surface area contributed by atoms with Crippen molar-refractivity contribution >= 4 is 5.91 Å². The van der Waals surface area contributed by atoms with Crippen molar-refractivity contribution in [2.24, 2.45) is 0 Å². The van der Waals surface area contributed by atoms with Crippen LogP contribution in [0.15, 0.2) is 53.6 Å². The molecule has 11 heteroatoms. The van der Waals surface area contributed by atoms with Gasteiger partial charge >= 0.3 is 12.1 Å².